The quantitative estimate of drug-likeness (QED) is 0.440. The molecule has 2 aromatic rings. The van der Waals surface area contributed by atoms with E-state index in [1.54, 1.807) is 11.0 Å². The Hall–Kier alpha value is -3.13. The van der Waals surface area contributed by atoms with Gasteiger partial charge in [0.15, 0.2) is 5.78 Å². The zero-order valence-electron chi connectivity index (χ0n) is 22.7. The van der Waals surface area contributed by atoms with Gasteiger partial charge >= 0.3 is 0 Å². The number of benzene rings is 2. The molecule has 1 heterocycles. The first-order valence-corrected chi connectivity index (χ1v) is 14.2. The van der Waals surface area contributed by atoms with Crippen molar-refractivity contribution in [1.29, 1.82) is 0 Å². The highest BCUT2D eigenvalue weighted by Gasteiger charge is 2.30. The van der Waals surface area contributed by atoms with E-state index in [4.69, 9.17) is 0 Å². The molecule has 210 valence electrons. The van der Waals surface area contributed by atoms with E-state index in [1.807, 2.05) is 25.1 Å². The lowest BCUT2D eigenvalue weighted by Crippen LogP contribution is -2.46. The highest BCUT2D eigenvalue weighted by atomic mass is 19.1. The SMILES string of the molecule is CCC(=O)C(NC(=O)c1cccc(C2CCCN(C(=O)CNCc3ccc(F)cc3F)C2)c1)C1CCCCC1. The molecule has 2 fully saturated rings. The number of carbonyl (C=O) groups excluding carboxylic acids is 3. The van der Waals surface area contributed by atoms with Gasteiger partial charge in [-0.1, -0.05) is 44.4 Å². The fraction of sp³-hybridized carbons (Fsp3) is 0.516. The lowest BCUT2D eigenvalue weighted by Gasteiger charge is -2.33. The molecule has 2 unspecified atom stereocenters. The van der Waals surface area contributed by atoms with Crippen molar-refractivity contribution in [2.45, 2.75) is 76.8 Å². The zero-order valence-corrected chi connectivity index (χ0v) is 22.7. The van der Waals surface area contributed by atoms with E-state index in [1.165, 1.54) is 18.6 Å². The lowest BCUT2D eigenvalue weighted by atomic mass is 9.81. The van der Waals surface area contributed by atoms with Crippen molar-refractivity contribution in [2.24, 2.45) is 5.92 Å². The van der Waals surface area contributed by atoms with Crippen molar-refractivity contribution in [3.63, 3.8) is 0 Å². The van der Waals surface area contributed by atoms with Crippen LogP contribution in [0.2, 0.25) is 0 Å². The van der Waals surface area contributed by atoms with Crippen LogP contribution in [0.4, 0.5) is 8.78 Å². The van der Waals surface area contributed by atoms with Crippen molar-refractivity contribution in [3.05, 3.63) is 70.8 Å². The molecule has 8 heteroatoms. The molecule has 0 bridgehead atoms. The van der Waals surface area contributed by atoms with Crippen LogP contribution in [0.1, 0.15) is 85.7 Å². The van der Waals surface area contributed by atoms with Crippen molar-refractivity contribution >= 4 is 17.6 Å². The molecule has 2 N–H and O–H groups in total. The molecule has 2 amide bonds. The summed E-state index contributed by atoms with van der Waals surface area (Å²) in [6.07, 6.45) is 7.46. The van der Waals surface area contributed by atoms with Gasteiger partial charge in [0.2, 0.25) is 5.91 Å². The molecule has 0 aromatic heterocycles. The van der Waals surface area contributed by atoms with Gasteiger partial charge in [-0.3, -0.25) is 14.4 Å². The number of amides is 2. The van der Waals surface area contributed by atoms with Gasteiger partial charge in [-0.2, -0.15) is 0 Å². The summed E-state index contributed by atoms with van der Waals surface area (Å²) >= 11 is 0. The van der Waals surface area contributed by atoms with Crippen LogP contribution in [0.25, 0.3) is 0 Å². The Bertz CT molecular complexity index is 1170. The molecular weight excluding hydrogens is 500 g/mol. The number of halogens is 2. The molecule has 1 aliphatic heterocycles. The van der Waals surface area contributed by atoms with Crippen LogP contribution in [0, 0.1) is 17.6 Å². The van der Waals surface area contributed by atoms with Crippen molar-refractivity contribution < 1.29 is 23.2 Å². The Labute approximate surface area is 229 Å². The molecule has 2 atom stereocenters. The fourth-order valence-corrected chi connectivity index (χ4v) is 5.86. The summed E-state index contributed by atoms with van der Waals surface area (Å²) in [5, 5.41) is 6.01. The molecular formula is C31H39F2N3O3. The summed E-state index contributed by atoms with van der Waals surface area (Å²) in [6, 6.07) is 10.5. The minimum Gasteiger partial charge on any atom is -0.342 e. The first-order valence-electron chi connectivity index (χ1n) is 14.2. The number of likely N-dealkylation sites (tertiary alicyclic amines) is 1. The molecule has 0 spiro atoms. The largest absolute Gasteiger partial charge is 0.342 e. The van der Waals surface area contributed by atoms with Gasteiger partial charge in [-0.25, -0.2) is 8.78 Å². The van der Waals surface area contributed by atoms with Gasteiger partial charge in [0.25, 0.3) is 5.91 Å². The highest BCUT2D eigenvalue weighted by Crippen LogP contribution is 2.29. The maximum absolute atomic E-state index is 13.9. The maximum atomic E-state index is 13.9. The third-order valence-electron chi connectivity index (χ3n) is 8.10. The molecule has 1 aliphatic carbocycles. The smallest absolute Gasteiger partial charge is 0.251 e. The van der Waals surface area contributed by atoms with Crippen LogP contribution in [0.5, 0.6) is 0 Å². The third kappa shape index (κ3) is 7.72. The van der Waals surface area contributed by atoms with Gasteiger partial charge in [-0.05, 0) is 55.4 Å². The number of ketones is 1. The molecule has 6 nitrogen and oxygen atoms in total. The van der Waals surface area contributed by atoms with Crippen LogP contribution in [-0.2, 0) is 16.1 Å². The summed E-state index contributed by atoms with van der Waals surface area (Å²) in [7, 11) is 0. The number of piperidine rings is 1. The minimum atomic E-state index is -0.638. The number of Topliss-reactive ketones (excluding diaryl/α,β-unsaturated/α-hetero) is 1. The summed E-state index contributed by atoms with van der Waals surface area (Å²) in [5.41, 5.74) is 1.84. The topological polar surface area (TPSA) is 78.5 Å². The van der Waals surface area contributed by atoms with Crippen molar-refractivity contribution in [3.8, 4) is 0 Å². The van der Waals surface area contributed by atoms with Gasteiger partial charge < -0.3 is 15.5 Å². The summed E-state index contributed by atoms with van der Waals surface area (Å²) in [5.74, 6) is -1.20. The van der Waals surface area contributed by atoms with E-state index in [9.17, 15) is 23.2 Å². The second-order valence-electron chi connectivity index (χ2n) is 10.8. The maximum Gasteiger partial charge on any atom is 0.251 e. The number of hydrogen-bond donors (Lipinski definition) is 2. The van der Waals surface area contributed by atoms with Crippen molar-refractivity contribution in [2.75, 3.05) is 19.6 Å². The van der Waals surface area contributed by atoms with Gasteiger partial charge in [0.1, 0.15) is 11.6 Å². The Morgan fingerprint density at radius 2 is 1.79 bits per heavy atom. The standard InChI is InChI=1S/C31H39F2N3O3/c1-2-28(37)30(21-8-4-3-5-9-21)35-31(39)23-11-6-10-22(16-23)25-12-7-15-36(20-25)29(38)19-34-18-24-13-14-26(32)17-27(24)33/h6,10-11,13-14,16-17,21,25,30,34H,2-5,7-9,12,15,18-20H2,1H3,(H,35,39). The average Bonchev–Trinajstić information content (AvgIpc) is 2.97. The predicted octanol–water partition coefficient (Wildman–Crippen LogP) is 5.12. The zero-order chi connectivity index (χ0) is 27.8. The van der Waals surface area contributed by atoms with Crippen LogP contribution in [0.15, 0.2) is 42.5 Å². The summed E-state index contributed by atoms with van der Waals surface area (Å²) in [6.45, 7) is 3.21. The molecule has 1 saturated heterocycles. The van der Waals surface area contributed by atoms with Gasteiger partial charge in [-0.15, -0.1) is 0 Å². The van der Waals surface area contributed by atoms with Gasteiger partial charge in [0, 0.05) is 49.2 Å². The van der Waals surface area contributed by atoms with E-state index in [2.05, 4.69) is 10.6 Å². The Morgan fingerprint density at radius 1 is 1.00 bits per heavy atom. The van der Waals surface area contributed by atoms with Crippen LogP contribution in [-0.4, -0.2) is 48.2 Å². The van der Waals surface area contributed by atoms with Crippen LogP contribution >= 0.6 is 0 Å². The fourth-order valence-electron chi connectivity index (χ4n) is 5.86. The number of hydrogen-bond acceptors (Lipinski definition) is 4. The lowest BCUT2D eigenvalue weighted by molar-refractivity contribution is -0.131. The highest BCUT2D eigenvalue weighted by molar-refractivity contribution is 5.98. The second kappa shape index (κ2) is 13.8. The summed E-state index contributed by atoms with van der Waals surface area (Å²) in [4.78, 5) is 40.6. The first-order chi connectivity index (χ1) is 18.9. The number of nitrogens with one attached hydrogen (secondary N) is 2. The minimum absolute atomic E-state index is 0.0555. The second-order valence-corrected chi connectivity index (χ2v) is 10.8. The Balaban J connectivity index is 1.35. The normalized spacial score (nSPS) is 18.9. The number of rotatable bonds is 10. The molecule has 4 rings (SSSR count). The van der Waals surface area contributed by atoms with Crippen LogP contribution in [0.3, 0.4) is 0 Å². The van der Waals surface area contributed by atoms with Crippen LogP contribution < -0.4 is 10.6 Å². The molecule has 1 saturated carbocycles. The van der Waals surface area contributed by atoms with E-state index in [0.717, 1.165) is 50.2 Å². The average molecular weight is 540 g/mol. The molecule has 2 aromatic carbocycles. The third-order valence-corrected chi connectivity index (χ3v) is 8.10. The predicted molar refractivity (Wildman–Crippen MR) is 146 cm³/mol. The number of nitrogens with zero attached hydrogens (tertiary/aromatic N) is 1. The van der Waals surface area contributed by atoms with E-state index < -0.39 is 17.7 Å². The molecule has 39 heavy (non-hydrogen) atoms. The molecule has 2 aliphatic rings. The molecule has 0 radical (unpaired) electrons. The van der Waals surface area contributed by atoms with E-state index in [-0.39, 0.29) is 42.5 Å². The number of carbonyl (C=O) groups is 3. The first kappa shape index (κ1) is 28.9. The summed E-state index contributed by atoms with van der Waals surface area (Å²) < 4.78 is 27.0. The Morgan fingerprint density at radius 3 is 2.54 bits per heavy atom. The monoisotopic (exact) mass is 539 g/mol. The van der Waals surface area contributed by atoms with E-state index >= 15 is 0 Å². The van der Waals surface area contributed by atoms with E-state index in [0.29, 0.717) is 30.6 Å². The van der Waals surface area contributed by atoms with Gasteiger partial charge in [0.05, 0.1) is 12.6 Å². The van der Waals surface area contributed by atoms with Crippen molar-refractivity contribution in [1.82, 2.24) is 15.5 Å². The Kier molecular flexibility index (Phi) is 10.2.